The molecule has 0 saturated heterocycles. The van der Waals surface area contributed by atoms with Crippen molar-refractivity contribution in [1.82, 2.24) is 0 Å². The van der Waals surface area contributed by atoms with Crippen LogP contribution in [0.1, 0.15) is 258 Å². The summed E-state index contributed by atoms with van der Waals surface area (Å²) in [6, 6.07) is 0. The van der Waals surface area contributed by atoms with Crippen LogP contribution in [-0.2, 0) is 32.7 Å². The molecule has 0 amide bonds. The molecule has 2 atom stereocenters. The molecule has 0 aromatic rings. The maximum atomic E-state index is 12.7. The molecule has 0 rings (SSSR count). The van der Waals surface area contributed by atoms with Gasteiger partial charge in [-0.15, -0.1) is 0 Å². The number of quaternary nitrogens is 1. The quantitative estimate of drug-likeness (QED) is 0.0211. The fourth-order valence-electron chi connectivity index (χ4n) is 7.75. The largest absolute Gasteiger partial charge is 0.472 e. The fourth-order valence-corrected chi connectivity index (χ4v) is 8.49. The van der Waals surface area contributed by atoms with Crippen molar-refractivity contribution in [2.45, 2.75) is 264 Å². The highest BCUT2D eigenvalue weighted by Gasteiger charge is 2.27. The highest BCUT2D eigenvalue weighted by atomic mass is 31.2. The van der Waals surface area contributed by atoms with Crippen LogP contribution in [0.15, 0.2) is 24.3 Å². The molecule has 64 heavy (non-hydrogen) atoms. The first-order valence-electron chi connectivity index (χ1n) is 27.1. The highest BCUT2D eigenvalue weighted by molar-refractivity contribution is 7.47. The van der Waals surface area contributed by atoms with Gasteiger partial charge in [0.2, 0.25) is 0 Å². The second-order valence-electron chi connectivity index (χ2n) is 19.6. The SMILES string of the molecule is CCCCCCC/C=C\C/C=C\CCCCCCCCCCCCCCCCCCCCCCCCCC(=O)OC(COC(=O)CCCCCCC)COP(=O)(O)OCC[N+](C)(C)C. The number of ether oxygens (including phenoxy) is 2. The van der Waals surface area contributed by atoms with Crippen molar-refractivity contribution >= 4 is 19.8 Å². The van der Waals surface area contributed by atoms with Crippen molar-refractivity contribution in [2.75, 3.05) is 47.5 Å². The van der Waals surface area contributed by atoms with Crippen LogP contribution in [0.5, 0.6) is 0 Å². The Hall–Kier alpha value is -1.51. The molecule has 10 heteroatoms. The topological polar surface area (TPSA) is 108 Å². The molecule has 0 aromatic carbocycles. The number of carbonyl (C=O) groups excluding carboxylic acids is 2. The maximum Gasteiger partial charge on any atom is 0.472 e. The molecule has 0 aliphatic carbocycles. The molecule has 9 nitrogen and oxygen atoms in total. The van der Waals surface area contributed by atoms with E-state index in [9.17, 15) is 19.0 Å². The summed E-state index contributed by atoms with van der Waals surface area (Å²) in [5.41, 5.74) is 0. The average Bonchev–Trinajstić information content (AvgIpc) is 3.25. The van der Waals surface area contributed by atoms with Gasteiger partial charge in [0.15, 0.2) is 6.10 Å². The average molecular weight is 927 g/mol. The third-order valence-corrected chi connectivity index (χ3v) is 13.0. The Bertz CT molecular complexity index is 1140. The van der Waals surface area contributed by atoms with Gasteiger partial charge in [0.05, 0.1) is 27.7 Å². The van der Waals surface area contributed by atoms with Gasteiger partial charge in [0, 0.05) is 12.8 Å². The molecule has 1 N–H and O–H groups in total. The van der Waals surface area contributed by atoms with Crippen molar-refractivity contribution in [3.63, 3.8) is 0 Å². The Morgan fingerprint density at radius 3 is 1.23 bits per heavy atom. The predicted octanol–water partition coefficient (Wildman–Crippen LogP) is 16.3. The van der Waals surface area contributed by atoms with Gasteiger partial charge < -0.3 is 18.9 Å². The minimum atomic E-state index is -4.36. The molecule has 0 bridgehead atoms. The van der Waals surface area contributed by atoms with Crippen LogP contribution >= 0.6 is 7.82 Å². The highest BCUT2D eigenvalue weighted by Crippen LogP contribution is 2.43. The van der Waals surface area contributed by atoms with E-state index in [1.807, 2.05) is 21.1 Å². The van der Waals surface area contributed by atoms with Gasteiger partial charge in [0.1, 0.15) is 19.8 Å². The first-order chi connectivity index (χ1) is 31.0. The van der Waals surface area contributed by atoms with Crippen molar-refractivity contribution in [3.8, 4) is 0 Å². The van der Waals surface area contributed by atoms with Crippen molar-refractivity contribution in [1.29, 1.82) is 0 Å². The Labute approximate surface area is 396 Å². The molecule has 0 aliphatic heterocycles. The molecule has 0 radical (unpaired) electrons. The van der Waals surface area contributed by atoms with Crippen molar-refractivity contribution in [2.24, 2.45) is 0 Å². The van der Waals surface area contributed by atoms with Crippen LogP contribution in [0, 0.1) is 0 Å². The molecular formula is C54H105NO8P+. The number of hydrogen-bond donors (Lipinski definition) is 1. The maximum absolute atomic E-state index is 12.7. The second-order valence-corrected chi connectivity index (χ2v) is 21.1. The van der Waals surface area contributed by atoms with E-state index in [1.54, 1.807) is 0 Å². The fraction of sp³-hybridized carbons (Fsp3) is 0.889. The van der Waals surface area contributed by atoms with Gasteiger partial charge in [0.25, 0.3) is 0 Å². The number of carbonyl (C=O) groups is 2. The lowest BCUT2D eigenvalue weighted by atomic mass is 10.0. The summed E-state index contributed by atoms with van der Waals surface area (Å²) in [6.45, 7) is 4.35. The third-order valence-electron chi connectivity index (χ3n) is 12.0. The smallest absolute Gasteiger partial charge is 0.462 e. The molecule has 0 saturated carbocycles. The van der Waals surface area contributed by atoms with Crippen LogP contribution in [0.4, 0.5) is 0 Å². The molecule has 2 unspecified atom stereocenters. The van der Waals surface area contributed by atoms with Gasteiger partial charge in [-0.25, -0.2) is 4.57 Å². The van der Waals surface area contributed by atoms with E-state index in [-0.39, 0.29) is 32.0 Å². The second kappa shape index (κ2) is 46.6. The van der Waals surface area contributed by atoms with Gasteiger partial charge in [-0.1, -0.05) is 224 Å². The lowest BCUT2D eigenvalue weighted by Gasteiger charge is -2.24. The minimum Gasteiger partial charge on any atom is -0.462 e. The number of phosphoric ester groups is 1. The normalized spacial score (nSPS) is 13.5. The molecule has 0 spiro atoms. The zero-order valence-electron chi connectivity index (χ0n) is 42.8. The third kappa shape index (κ3) is 49.9. The number of likely N-dealkylation sites (N-methyl/N-ethyl adjacent to an activating group) is 1. The molecule has 0 aromatic heterocycles. The molecule has 0 heterocycles. The van der Waals surface area contributed by atoms with E-state index in [0.717, 1.165) is 51.4 Å². The number of phosphoric acid groups is 1. The Morgan fingerprint density at radius 1 is 0.484 bits per heavy atom. The number of rotatable bonds is 50. The minimum absolute atomic E-state index is 0.0347. The zero-order chi connectivity index (χ0) is 47.1. The van der Waals surface area contributed by atoms with E-state index in [0.29, 0.717) is 17.4 Å². The number of hydrogen-bond acceptors (Lipinski definition) is 7. The summed E-state index contributed by atoms with van der Waals surface area (Å²) in [4.78, 5) is 35.1. The predicted molar refractivity (Wildman–Crippen MR) is 271 cm³/mol. The van der Waals surface area contributed by atoms with E-state index in [4.69, 9.17) is 18.5 Å². The Balaban J connectivity index is 3.77. The number of unbranched alkanes of at least 4 members (excludes halogenated alkanes) is 32. The molecular weight excluding hydrogens is 822 g/mol. The van der Waals surface area contributed by atoms with Crippen molar-refractivity contribution in [3.05, 3.63) is 24.3 Å². The molecule has 378 valence electrons. The van der Waals surface area contributed by atoms with Gasteiger partial charge in [-0.2, -0.15) is 0 Å². The monoisotopic (exact) mass is 927 g/mol. The standard InChI is InChI=1S/C54H104NO8P/c1-6-8-10-12-13-14-15-16-17-18-19-20-21-22-23-24-25-26-27-28-29-30-31-32-33-34-35-36-37-38-39-40-41-43-45-47-54(57)63-52(50-60-53(56)46-44-42-11-9-7-2)51-62-64(58,59)61-49-48-55(3,4)5/h15-16,18-19,52H,6-14,17,20-51H2,1-5H3/p+1/b16-15-,19-18-. The van der Waals surface area contributed by atoms with Crippen LogP contribution in [0.25, 0.3) is 0 Å². The lowest BCUT2D eigenvalue weighted by Crippen LogP contribution is -2.37. The van der Waals surface area contributed by atoms with Crippen LogP contribution in [0.3, 0.4) is 0 Å². The van der Waals surface area contributed by atoms with E-state index in [2.05, 4.69) is 38.2 Å². The van der Waals surface area contributed by atoms with E-state index in [1.165, 1.54) is 173 Å². The van der Waals surface area contributed by atoms with E-state index < -0.39 is 26.5 Å². The van der Waals surface area contributed by atoms with E-state index >= 15 is 0 Å². The number of nitrogens with zero attached hydrogens (tertiary/aromatic N) is 1. The number of esters is 2. The molecule has 0 aliphatic rings. The summed E-state index contributed by atoms with van der Waals surface area (Å²) in [5, 5.41) is 0. The van der Waals surface area contributed by atoms with Crippen LogP contribution in [-0.4, -0.2) is 74.9 Å². The Morgan fingerprint density at radius 2 is 0.844 bits per heavy atom. The van der Waals surface area contributed by atoms with Gasteiger partial charge in [-0.3, -0.25) is 18.6 Å². The summed E-state index contributed by atoms with van der Waals surface area (Å²) in [6.07, 6.45) is 54.7. The summed E-state index contributed by atoms with van der Waals surface area (Å²) in [7, 11) is 1.49. The summed E-state index contributed by atoms with van der Waals surface area (Å²) < 4.78 is 34.2. The zero-order valence-corrected chi connectivity index (χ0v) is 43.7. The van der Waals surface area contributed by atoms with Crippen LogP contribution in [0.2, 0.25) is 0 Å². The van der Waals surface area contributed by atoms with Gasteiger partial charge >= 0.3 is 19.8 Å². The van der Waals surface area contributed by atoms with Crippen LogP contribution < -0.4 is 0 Å². The lowest BCUT2D eigenvalue weighted by molar-refractivity contribution is -0.870. The van der Waals surface area contributed by atoms with Gasteiger partial charge in [-0.05, 0) is 44.9 Å². The summed E-state index contributed by atoms with van der Waals surface area (Å²) in [5.74, 6) is -0.801. The Kier molecular flexibility index (Phi) is 45.5. The summed E-state index contributed by atoms with van der Waals surface area (Å²) >= 11 is 0. The molecule has 0 fully saturated rings. The van der Waals surface area contributed by atoms with Crippen molar-refractivity contribution < 1.29 is 42.1 Å². The number of allylic oxidation sites excluding steroid dienone is 4. The first-order valence-corrected chi connectivity index (χ1v) is 28.6. The first kappa shape index (κ1) is 62.5.